The van der Waals surface area contributed by atoms with Crippen LogP contribution in [0.4, 0.5) is 5.69 Å². The Hall–Kier alpha value is -1.13. The molecule has 17 heavy (non-hydrogen) atoms. The fraction of sp³-hybridized carbons (Fsp3) is 0.462. The second-order valence-corrected chi connectivity index (χ2v) is 4.97. The lowest BCUT2D eigenvalue weighted by Gasteiger charge is -2.11. The molecule has 94 valence electrons. The molecule has 0 bridgehead atoms. The van der Waals surface area contributed by atoms with Gasteiger partial charge in [-0.15, -0.1) is 0 Å². The van der Waals surface area contributed by atoms with Crippen LogP contribution in [0.5, 0.6) is 0 Å². The fourth-order valence-corrected chi connectivity index (χ4v) is 1.68. The highest BCUT2D eigenvalue weighted by atomic mass is 32.1. The van der Waals surface area contributed by atoms with Crippen LogP contribution in [-0.2, 0) is 0 Å². The largest absolute Gasteiger partial charge is 0.362 e. The van der Waals surface area contributed by atoms with Crippen molar-refractivity contribution in [2.45, 2.75) is 13.3 Å². The molecule has 0 saturated heterocycles. The summed E-state index contributed by atoms with van der Waals surface area (Å²) in [6, 6.07) is 8.21. The summed E-state index contributed by atoms with van der Waals surface area (Å²) in [4.78, 5) is 1.46. The number of anilines is 1. The van der Waals surface area contributed by atoms with Gasteiger partial charge in [0.1, 0.15) is 0 Å². The van der Waals surface area contributed by atoms with Crippen molar-refractivity contribution < 1.29 is 4.90 Å². The van der Waals surface area contributed by atoms with Gasteiger partial charge in [-0.25, -0.2) is 0 Å². The molecule has 0 unspecified atom stereocenters. The van der Waals surface area contributed by atoms with Gasteiger partial charge in [0, 0.05) is 18.7 Å². The Morgan fingerprint density at radius 2 is 1.88 bits per heavy atom. The standard InChI is InChI=1S/C13H21N3S/c1-11-5-7-12(8-6-11)15-13(17)14-9-4-10-16(2)3/h5-8H,4,9-10H2,1-3H3,(H2,14,15,17)/p+1. The van der Waals surface area contributed by atoms with Crippen molar-refractivity contribution in [1.29, 1.82) is 0 Å². The summed E-state index contributed by atoms with van der Waals surface area (Å²) in [5.74, 6) is 0. The minimum Gasteiger partial charge on any atom is -0.362 e. The summed E-state index contributed by atoms with van der Waals surface area (Å²) in [7, 11) is 4.31. The second-order valence-electron chi connectivity index (χ2n) is 4.56. The maximum Gasteiger partial charge on any atom is 0.170 e. The number of thiocarbonyl (C=S) groups is 1. The molecule has 3 nitrogen and oxygen atoms in total. The van der Waals surface area contributed by atoms with E-state index in [1.54, 1.807) is 0 Å². The normalized spacial score (nSPS) is 10.4. The first-order chi connectivity index (χ1) is 8.08. The van der Waals surface area contributed by atoms with E-state index in [9.17, 15) is 0 Å². The number of aryl methyl sites for hydroxylation is 1. The highest BCUT2D eigenvalue weighted by Crippen LogP contribution is 2.07. The Labute approximate surface area is 109 Å². The molecule has 0 aliphatic rings. The van der Waals surface area contributed by atoms with Crippen LogP contribution in [-0.4, -0.2) is 32.3 Å². The summed E-state index contributed by atoms with van der Waals surface area (Å²) < 4.78 is 0. The molecule has 0 aromatic heterocycles. The molecular weight excluding hydrogens is 230 g/mol. The Morgan fingerprint density at radius 1 is 1.24 bits per heavy atom. The van der Waals surface area contributed by atoms with Gasteiger partial charge in [-0.3, -0.25) is 0 Å². The second kappa shape index (κ2) is 7.25. The first-order valence-corrected chi connectivity index (χ1v) is 6.39. The summed E-state index contributed by atoms with van der Waals surface area (Å²) in [5, 5.41) is 7.08. The predicted molar refractivity (Wildman–Crippen MR) is 77.7 cm³/mol. The number of hydrogen-bond acceptors (Lipinski definition) is 1. The van der Waals surface area contributed by atoms with E-state index in [1.165, 1.54) is 10.5 Å². The van der Waals surface area contributed by atoms with Gasteiger partial charge in [-0.2, -0.15) is 0 Å². The number of hydrogen-bond donors (Lipinski definition) is 3. The average Bonchev–Trinajstić information content (AvgIpc) is 2.27. The van der Waals surface area contributed by atoms with E-state index in [2.05, 4.69) is 43.8 Å². The molecule has 0 radical (unpaired) electrons. The quantitative estimate of drug-likeness (QED) is 0.535. The van der Waals surface area contributed by atoms with Crippen LogP contribution in [0.3, 0.4) is 0 Å². The highest BCUT2D eigenvalue weighted by molar-refractivity contribution is 7.80. The van der Waals surface area contributed by atoms with E-state index in [-0.39, 0.29) is 0 Å². The van der Waals surface area contributed by atoms with E-state index < -0.39 is 0 Å². The SMILES string of the molecule is Cc1ccc(NC(=S)NCCC[NH+](C)C)cc1. The monoisotopic (exact) mass is 252 g/mol. The van der Waals surface area contributed by atoms with Crippen LogP contribution >= 0.6 is 12.2 Å². The molecule has 0 heterocycles. The molecule has 0 aliphatic carbocycles. The summed E-state index contributed by atoms with van der Waals surface area (Å²) in [6.45, 7) is 4.15. The molecule has 1 aromatic rings. The third kappa shape index (κ3) is 6.24. The minimum atomic E-state index is 0.697. The van der Waals surface area contributed by atoms with Crippen molar-refractivity contribution in [2.75, 3.05) is 32.5 Å². The summed E-state index contributed by atoms with van der Waals surface area (Å²) in [6.07, 6.45) is 1.12. The number of benzene rings is 1. The van der Waals surface area contributed by atoms with Gasteiger partial charge < -0.3 is 15.5 Å². The zero-order chi connectivity index (χ0) is 12.7. The molecule has 0 saturated carbocycles. The van der Waals surface area contributed by atoms with Gasteiger partial charge in [0.2, 0.25) is 0 Å². The number of quaternary nitrogens is 1. The highest BCUT2D eigenvalue weighted by Gasteiger charge is 1.98. The van der Waals surface area contributed by atoms with Crippen molar-refractivity contribution in [2.24, 2.45) is 0 Å². The number of nitrogens with one attached hydrogen (secondary N) is 3. The first kappa shape index (κ1) is 13.9. The Bertz CT molecular complexity index is 346. The van der Waals surface area contributed by atoms with Gasteiger partial charge in [0.15, 0.2) is 5.11 Å². The maximum atomic E-state index is 5.22. The lowest BCUT2D eigenvalue weighted by molar-refractivity contribution is -0.858. The van der Waals surface area contributed by atoms with Gasteiger partial charge in [0.05, 0.1) is 20.6 Å². The van der Waals surface area contributed by atoms with Crippen LogP contribution in [0.25, 0.3) is 0 Å². The van der Waals surface area contributed by atoms with Crippen molar-refractivity contribution in [3.8, 4) is 0 Å². The van der Waals surface area contributed by atoms with Gasteiger partial charge >= 0.3 is 0 Å². The van der Waals surface area contributed by atoms with Crippen molar-refractivity contribution in [3.63, 3.8) is 0 Å². The molecule has 0 amide bonds. The van der Waals surface area contributed by atoms with E-state index in [4.69, 9.17) is 12.2 Å². The zero-order valence-electron chi connectivity index (χ0n) is 10.8. The van der Waals surface area contributed by atoms with Gasteiger partial charge in [0.25, 0.3) is 0 Å². The molecular formula is C13H22N3S+. The number of rotatable bonds is 5. The zero-order valence-corrected chi connectivity index (χ0v) is 11.7. The van der Waals surface area contributed by atoms with Gasteiger partial charge in [-0.1, -0.05) is 17.7 Å². The lowest BCUT2D eigenvalue weighted by atomic mass is 10.2. The third-order valence-corrected chi connectivity index (χ3v) is 2.69. The summed E-state index contributed by atoms with van der Waals surface area (Å²) in [5.41, 5.74) is 2.29. The molecule has 0 aliphatic heterocycles. The Balaban J connectivity index is 2.23. The van der Waals surface area contributed by atoms with Crippen LogP contribution in [0.15, 0.2) is 24.3 Å². The van der Waals surface area contributed by atoms with Crippen molar-refractivity contribution in [3.05, 3.63) is 29.8 Å². The van der Waals surface area contributed by atoms with Crippen LogP contribution in [0.1, 0.15) is 12.0 Å². The molecule has 0 fully saturated rings. The van der Waals surface area contributed by atoms with E-state index in [0.717, 1.165) is 25.2 Å². The van der Waals surface area contributed by atoms with E-state index in [1.807, 2.05) is 12.1 Å². The molecule has 0 atom stereocenters. The van der Waals surface area contributed by atoms with Crippen molar-refractivity contribution in [1.82, 2.24) is 5.32 Å². The molecule has 4 heteroatoms. The molecule has 3 N–H and O–H groups in total. The summed E-state index contributed by atoms with van der Waals surface area (Å²) >= 11 is 5.22. The lowest BCUT2D eigenvalue weighted by Crippen LogP contribution is -3.05. The first-order valence-electron chi connectivity index (χ1n) is 5.98. The van der Waals surface area contributed by atoms with E-state index >= 15 is 0 Å². The van der Waals surface area contributed by atoms with Gasteiger partial charge in [-0.05, 0) is 31.3 Å². The topological polar surface area (TPSA) is 28.5 Å². The third-order valence-electron chi connectivity index (χ3n) is 2.45. The minimum absolute atomic E-state index is 0.697. The van der Waals surface area contributed by atoms with Crippen LogP contribution in [0, 0.1) is 6.92 Å². The Kier molecular flexibility index (Phi) is 5.94. The predicted octanol–water partition coefficient (Wildman–Crippen LogP) is 0.816. The average molecular weight is 252 g/mol. The van der Waals surface area contributed by atoms with Crippen LogP contribution < -0.4 is 15.5 Å². The van der Waals surface area contributed by atoms with Crippen LogP contribution in [0.2, 0.25) is 0 Å². The maximum absolute atomic E-state index is 5.22. The van der Waals surface area contributed by atoms with Crippen molar-refractivity contribution >= 4 is 23.0 Å². The fourth-order valence-electron chi connectivity index (χ4n) is 1.46. The molecule has 1 rings (SSSR count). The van der Waals surface area contributed by atoms with E-state index in [0.29, 0.717) is 5.11 Å². The Morgan fingerprint density at radius 3 is 2.47 bits per heavy atom. The molecule has 0 spiro atoms. The smallest absolute Gasteiger partial charge is 0.170 e. The molecule has 1 aromatic carbocycles.